The van der Waals surface area contributed by atoms with E-state index in [4.69, 9.17) is 9.26 Å². The van der Waals surface area contributed by atoms with Gasteiger partial charge in [0, 0.05) is 5.69 Å². The number of para-hydroxylation sites is 2. The maximum absolute atomic E-state index is 12.0. The summed E-state index contributed by atoms with van der Waals surface area (Å²) in [6, 6.07) is 16.5. The highest BCUT2D eigenvalue weighted by Gasteiger charge is 2.15. The van der Waals surface area contributed by atoms with Gasteiger partial charge in [-0.25, -0.2) is 0 Å². The quantitative estimate of drug-likeness (QED) is 0.784. The van der Waals surface area contributed by atoms with E-state index in [1.807, 2.05) is 48.5 Å². The van der Waals surface area contributed by atoms with Crippen molar-refractivity contribution < 1.29 is 14.1 Å². The number of hydrogen-bond acceptors (Lipinski definition) is 5. The molecule has 1 N–H and O–H groups in total. The Hall–Kier alpha value is -3.15. The standard InChI is InChI=1S/C17H15N3O3/c1-22-14-10-6-5-9-13(14)17-19-15(20-23-17)11-16(21)18-12-7-3-2-4-8-12/h2-10H,11H2,1H3,(H,18,21). The van der Waals surface area contributed by atoms with E-state index in [2.05, 4.69) is 15.5 Å². The summed E-state index contributed by atoms with van der Waals surface area (Å²) < 4.78 is 10.5. The van der Waals surface area contributed by atoms with Crippen LogP contribution in [0.25, 0.3) is 11.5 Å². The summed E-state index contributed by atoms with van der Waals surface area (Å²) >= 11 is 0. The van der Waals surface area contributed by atoms with E-state index in [9.17, 15) is 4.79 Å². The minimum Gasteiger partial charge on any atom is -0.496 e. The van der Waals surface area contributed by atoms with Crippen molar-refractivity contribution in [1.29, 1.82) is 0 Å². The van der Waals surface area contributed by atoms with Crippen LogP contribution in [0.4, 0.5) is 5.69 Å². The summed E-state index contributed by atoms with van der Waals surface area (Å²) in [4.78, 5) is 16.2. The highest BCUT2D eigenvalue weighted by atomic mass is 16.5. The van der Waals surface area contributed by atoms with Crippen LogP contribution in [-0.2, 0) is 11.2 Å². The van der Waals surface area contributed by atoms with E-state index in [0.717, 1.165) is 5.69 Å². The summed E-state index contributed by atoms with van der Waals surface area (Å²) in [7, 11) is 1.57. The third-order valence-corrected chi connectivity index (χ3v) is 3.18. The second-order valence-electron chi connectivity index (χ2n) is 4.81. The zero-order valence-corrected chi connectivity index (χ0v) is 12.5. The van der Waals surface area contributed by atoms with Crippen molar-refractivity contribution >= 4 is 11.6 Å². The fourth-order valence-electron chi connectivity index (χ4n) is 2.13. The third-order valence-electron chi connectivity index (χ3n) is 3.18. The second kappa shape index (κ2) is 6.74. The van der Waals surface area contributed by atoms with Crippen LogP contribution >= 0.6 is 0 Å². The first kappa shape index (κ1) is 14.8. The average Bonchev–Trinajstić information content (AvgIpc) is 3.03. The number of hydrogen-bond donors (Lipinski definition) is 1. The van der Waals surface area contributed by atoms with E-state index in [1.165, 1.54) is 0 Å². The number of carbonyl (C=O) groups is 1. The van der Waals surface area contributed by atoms with Crippen LogP contribution in [-0.4, -0.2) is 23.2 Å². The molecule has 0 spiro atoms. The molecule has 23 heavy (non-hydrogen) atoms. The number of benzene rings is 2. The second-order valence-corrected chi connectivity index (χ2v) is 4.81. The molecule has 1 amide bonds. The molecule has 6 nitrogen and oxygen atoms in total. The number of anilines is 1. The normalized spacial score (nSPS) is 10.3. The summed E-state index contributed by atoms with van der Waals surface area (Å²) in [5.74, 6) is 1.07. The molecule has 0 bridgehead atoms. The van der Waals surface area contributed by atoms with E-state index in [0.29, 0.717) is 23.0 Å². The molecule has 116 valence electrons. The van der Waals surface area contributed by atoms with Gasteiger partial charge < -0.3 is 14.6 Å². The molecule has 0 aliphatic rings. The Morgan fingerprint density at radius 3 is 2.65 bits per heavy atom. The molecular formula is C17H15N3O3. The molecule has 0 fully saturated rings. The fourth-order valence-corrected chi connectivity index (χ4v) is 2.13. The number of carbonyl (C=O) groups excluding carboxylic acids is 1. The number of methoxy groups -OCH3 is 1. The number of aromatic nitrogens is 2. The molecule has 0 saturated carbocycles. The molecule has 6 heteroatoms. The first-order valence-electron chi connectivity index (χ1n) is 7.07. The zero-order chi connectivity index (χ0) is 16.1. The van der Waals surface area contributed by atoms with Crippen LogP contribution in [0.1, 0.15) is 5.82 Å². The Kier molecular flexibility index (Phi) is 4.33. The molecule has 0 radical (unpaired) electrons. The van der Waals surface area contributed by atoms with Gasteiger partial charge in [0.2, 0.25) is 5.91 Å². The van der Waals surface area contributed by atoms with E-state index in [1.54, 1.807) is 13.2 Å². The highest BCUT2D eigenvalue weighted by Crippen LogP contribution is 2.27. The largest absolute Gasteiger partial charge is 0.496 e. The molecule has 0 aliphatic heterocycles. The monoisotopic (exact) mass is 309 g/mol. The summed E-state index contributed by atoms with van der Waals surface area (Å²) in [5.41, 5.74) is 1.42. The Morgan fingerprint density at radius 1 is 1.13 bits per heavy atom. The lowest BCUT2D eigenvalue weighted by atomic mass is 10.2. The number of ether oxygens (including phenoxy) is 1. The first-order chi connectivity index (χ1) is 11.3. The Morgan fingerprint density at radius 2 is 1.87 bits per heavy atom. The van der Waals surface area contributed by atoms with Crippen molar-refractivity contribution in [3.8, 4) is 17.2 Å². The summed E-state index contributed by atoms with van der Waals surface area (Å²) in [6.07, 6.45) is 0.0353. The van der Waals surface area contributed by atoms with Gasteiger partial charge in [0.15, 0.2) is 5.82 Å². The van der Waals surface area contributed by atoms with Gasteiger partial charge in [0.05, 0.1) is 19.1 Å². The topological polar surface area (TPSA) is 77.2 Å². The lowest BCUT2D eigenvalue weighted by Crippen LogP contribution is -2.15. The van der Waals surface area contributed by atoms with Gasteiger partial charge in [0.25, 0.3) is 5.89 Å². The van der Waals surface area contributed by atoms with Gasteiger partial charge in [0.1, 0.15) is 5.75 Å². The fraction of sp³-hybridized carbons (Fsp3) is 0.118. The SMILES string of the molecule is COc1ccccc1-c1nc(CC(=O)Nc2ccccc2)no1. The van der Waals surface area contributed by atoms with Crippen LogP contribution in [0.5, 0.6) is 5.75 Å². The maximum atomic E-state index is 12.0. The van der Waals surface area contributed by atoms with Crippen LogP contribution in [0, 0.1) is 0 Å². The minimum absolute atomic E-state index is 0.0353. The third kappa shape index (κ3) is 3.55. The lowest BCUT2D eigenvalue weighted by molar-refractivity contribution is -0.115. The van der Waals surface area contributed by atoms with Gasteiger partial charge in [-0.1, -0.05) is 35.5 Å². The predicted octanol–water partition coefficient (Wildman–Crippen LogP) is 2.93. The van der Waals surface area contributed by atoms with Crippen LogP contribution in [0.2, 0.25) is 0 Å². The smallest absolute Gasteiger partial charge is 0.261 e. The lowest BCUT2D eigenvalue weighted by Gasteiger charge is -2.03. The van der Waals surface area contributed by atoms with Crippen molar-refractivity contribution in [2.75, 3.05) is 12.4 Å². The van der Waals surface area contributed by atoms with Crippen molar-refractivity contribution in [1.82, 2.24) is 10.1 Å². The minimum atomic E-state index is -0.205. The van der Waals surface area contributed by atoms with Crippen molar-refractivity contribution in [3.63, 3.8) is 0 Å². The van der Waals surface area contributed by atoms with Crippen LogP contribution < -0.4 is 10.1 Å². The molecule has 1 aromatic heterocycles. The number of amides is 1. The predicted molar refractivity (Wildman–Crippen MR) is 85.1 cm³/mol. The van der Waals surface area contributed by atoms with Gasteiger partial charge in [-0.3, -0.25) is 4.79 Å². The van der Waals surface area contributed by atoms with E-state index in [-0.39, 0.29) is 12.3 Å². The first-order valence-corrected chi connectivity index (χ1v) is 7.07. The number of rotatable bonds is 5. The molecule has 0 unspecified atom stereocenters. The molecule has 3 aromatic rings. The molecule has 0 atom stereocenters. The van der Waals surface area contributed by atoms with Crippen LogP contribution in [0.15, 0.2) is 59.1 Å². The molecule has 0 saturated heterocycles. The summed E-state index contributed by atoms with van der Waals surface area (Å²) in [5, 5.41) is 6.62. The van der Waals surface area contributed by atoms with Gasteiger partial charge in [-0.05, 0) is 24.3 Å². The molecule has 2 aromatic carbocycles. The van der Waals surface area contributed by atoms with E-state index >= 15 is 0 Å². The van der Waals surface area contributed by atoms with Crippen molar-refractivity contribution in [2.45, 2.75) is 6.42 Å². The van der Waals surface area contributed by atoms with Crippen LogP contribution in [0.3, 0.4) is 0 Å². The average molecular weight is 309 g/mol. The maximum Gasteiger partial charge on any atom is 0.261 e. The molecule has 1 heterocycles. The molecule has 3 rings (SSSR count). The Labute approximate surface area is 133 Å². The Bertz CT molecular complexity index is 800. The zero-order valence-electron chi connectivity index (χ0n) is 12.5. The highest BCUT2D eigenvalue weighted by molar-refractivity contribution is 5.91. The molecular weight excluding hydrogens is 294 g/mol. The van der Waals surface area contributed by atoms with Crippen molar-refractivity contribution in [2.24, 2.45) is 0 Å². The Balaban J connectivity index is 1.71. The summed E-state index contributed by atoms with van der Waals surface area (Å²) in [6.45, 7) is 0. The van der Waals surface area contributed by atoms with Crippen molar-refractivity contribution in [3.05, 3.63) is 60.4 Å². The van der Waals surface area contributed by atoms with Gasteiger partial charge in [-0.2, -0.15) is 4.98 Å². The molecule has 0 aliphatic carbocycles. The van der Waals surface area contributed by atoms with Gasteiger partial charge >= 0.3 is 0 Å². The number of nitrogens with one attached hydrogen (secondary N) is 1. The van der Waals surface area contributed by atoms with Gasteiger partial charge in [-0.15, -0.1) is 0 Å². The van der Waals surface area contributed by atoms with E-state index < -0.39 is 0 Å². The number of nitrogens with zero attached hydrogens (tertiary/aromatic N) is 2.